The number of nitrogens with one attached hydrogen (secondary N) is 1. The Morgan fingerprint density at radius 2 is 1.72 bits per heavy atom. The minimum Gasteiger partial charge on any atom is -0.349 e. The van der Waals surface area contributed by atoms with E-state index in [0.717, 1.165) is 26.1 Å². The Bertz CT molecular complexity index is 694. The third-order valence-corrected chi connectivity index (χ3v) is 5.33. The average Bonchev–Trinajstić information content (AvgIpc) is 3.02. The van der Waals surface area contributed by atoms with E-state index in [1.165, 1.54) is 16.7 Å². The van der Waals surface area contributed by atoms with Gasteiger partial charge in [0.1, 0.15) is 0 Å². The van der Waals surface area contributed by atoms with Crippen LogP contribution in [0.4, 0.5) is 0 Å². The summed E-state index contributed by atoms with van der Waals surface area (Å²) in [6.45, 7) is 7.08. The van der Waals surface area contributed by atoms with E-state index >= 15 is 0 Å². The molecule has 2 aromatic carbocycles. The molecular weight excluding hydrogens is 308 g/mol. The van der Waals surface area contributed by atoms with Crippen LogP contribution in [-0.2, 0) is 11.2 Å². The van der Waals surface area contributed by atoms with E-state index in [4.69, 9.17) is 0 Å². The fourth-order valence-electron chi connectivity index (χ4n) is 3.83. The van der Waals surface area contributed by atoms with Crippen LogP contribution < -0.4 is 5.32 Å². The van der Waals surface area contributed by atoms with E-state index in [0.29, 0.717) is 12.3 Å². The molecule has 0 saturated heterocycles. The van der Waals surface area contributed by atoms with Crippen molar-refractivity contribution in [3.05, 3.63) is 71.3 Å². The molecule has 0 radical (unpaired) electrons. The fourth-order valence-corrected chi connectivity index (χ4v) is 3.83. The number of fused-ring (bicyclic) bond motifs is 1. The first-order valence-electron chi connectivity index (χ1n) is 9.37. The maximum atomic E-state index is 12.6. The Balaban J connectivity index is 1.75. The van der Waals surface area contributed by atoms with Gasteiger partial charge in [0.2, 0.25) is 5.91 Å². The summed E-state index contributed by atoms with van der Waals surface area (Å²) < 4.78 is 0. The Kier molecular flexibility index (Phi) is 5.87. The molecule has 0 bridgehead atoms. The highest BCUT2D eigenvalue weighted by molar-refractivity contribution is 5.77. The van der Waals surface area contributed by atoms with E-state index < -0.39 is 0 Å². The molecule has 3 nitrogen and oxygen atoms in total. The highest BCUT2D eigenvalue weighted by Crippen LogP contribution is 2.42. The van der Waals surface area contributed by atoms with Gasteiger partial charge in [0, 0.05) is 18.9 Å². The Morgan fingerprint density at radius 3 is 2.44 bits per heavy atom. The van der Waals surface area contributed by atoms with E-state index in [2.05, 4.69) is 72.6 Å². The van der Waals surface area contributed by atoms with Crippen molar-refractivity contribution in [1.29, 1.82) is 0 Å². The van der Waals surface area contributed by atoms with Gasteiger partial charge in [-0.15, -0.1) is 0 Å². The number of hydrogen-bond donors (Lipinski definition) is 1. The van der Waals surface area contributed by atoms with Crippen molar-refractivity contribution in [1.82, 2.24) is 10.2 Å². The molecule has 1 amide bonds. The molecule has 132 valence electrons. The molecule has 0 heterocycles. The summed E-state index contributed by atoms with van der Waals surface area (Å²) in [7, 11) is 0. The van der Waals surface area contributed by atoms with Crippen molar-refractivity contribution in [3.63, 3.8) is 0 Å². The van der Waals surface area contributed by atoms with Crippen LogP contribution in [0.2, 0.25) is 0 Å². The second-order valence-electron chi connectivity index (χ2n) is 6.74. The van der Waals surface area contributed by atoms with Crippen molar-refractivity contribution in [2.75, 3.05) is 19.6 Å². The van der Waals surface area contributed by atoms with Gasteiger partial charge < -0.3 is 10.2 Å². The van der Waals surface area contributed by atoms with E-state index in [1.54, 1.807) is 0 Å². The minimum atomic E-state index is 0.0720. The summed E-state index contributed by atoms with van der Waals surface area (Å²) in [4.78, 5) is 14.9. The van der Waals surface area contributed by atoms with E-state index in [1.807, 2.05) is 6.07 Å². The first-order chi connectivity index (χ1) is 12.2. The van der Waals surface area contributed by atoms with E-state index in [9.17, 15) is 4.79 Å². The molecule has 1 N–H and O–H groups in total. The summed E-state index contributed by atoms with van der Waals surface area (Å²) in [6.07, 6.45) is 1.54. The van der Waals surface area contributed by atoms with Crippen LogP contribution in [0, 0.1) is 0 Å². The smallest absolute Gasteiger partial charge is 0.221 e. The molecule has 2 aromatic rings. The number of rotatable bonds is 7. The van der Waals surface area contributed by atoms with E-state index in [-0.39, 0.29) is 11.9 Å². The molecular formula is C22H28N2O. The van der Waals surface area contributed by atoms with Gasteiger partial charge in [-0.3, -0.25) is 4.79 Å². The van der Waals surface area contributed by atoms with Crippen LogP contribution in [0.15, 0.2) is 54.6 Å². The molecule has 3 heteroatoms. The normalized spacial score (nSPS) is 19.0. The molecule has 0 aliphatic heterocycles. The van der Waals surface area contributed by atoms with Gasteiger partial charge in [0.15, 0.2) is 0 Å². The molecule has 3 rings (SSSR count). The van der Waals surface area contributed by atoms with Gasteiger partial charge >= 0.3 is 0 Å². The number of benzene rings is 2. The molecule has 1 aliphatic carbocycles. The first kappa shape index (κ1) is 17.7. The van der Waals surface area contributed by atoms with Gasteiger partial charge in [-0.2, -0.15) is 0 Å². The lowest BCUT2D eigenvalue weighted by Crippen LogP contribution is -2.34. The predicted molar refractivity (Wildman–Crippen MR) is 103 cm³/mol. The van der Waals surface area contributed by atoms with Crippen LogP contribution in [0.1, 0.15) is 48.9 Å². The third-order valence-electron chi connectivity index (χ3n) is 5.33. The topological polar surface area (TPSA) is 32.3 Å². The van der Waals surface area contributed by atoms with Crippen molar-refractivity contribution >= 4 is 5.91 Å². The summed E-state index contributed by atoms with van der Waals surface area (Å²) in [5, 5.41) is 3.32. The maximum Gasteiger partial charge on any atom is 0.221 e. The number of carbonyl (C=O) groups excluding carboxylic acids is 1. The molecule has 2 unspecified atom stereocenters. The lowest BCUT2D eigenvalue weighted by Gasteiger charge is -2.24. The SMILES string of the molecule is CCN(CC)CCC(=O)NC1c2ccccc2CC1c1ccccc1. The quantitative estimate of drug-likeness (QED) is 0.831. The Hall–Kier alpha value is -2.13. The van der Waals surface area contributed by atoms with Crippen LogP contribution in [0.5, 0.6) is 0 Å². The fraction of sp³-hybridized carbons (Fsp3) is 0.409. The summed E-state index contributed by atoms with van der Waals surface area (Å²) in [5.74, 6) is 0.463. The summed E-state index contributed by atoms with van der Waals surface area (Å²) in [5.41, 5.74) is 3.92. The highest BCUT2D eigenvalue weighted by Gasteiger charge is 2.34. The number of nitrogens with zero attached hydrogens (tertiary/aromatic N) is 1. The van der Waals surface area contributed by atoms with Gasteiger partial charge in [0.25, 0.3) is 0 Å². The zero-order valence-corrected chi connectivity index (χ0v) is 15.2. The number of carbonyl (C=O) groups is 1. The molecule has 2 atom stereocenters. The van der Waals surface area contributed by atoms with Gasteiger partial charge in [-0.05, 0) is 36.2 Å². The Labute approximate surface area is 151 Å². The molecule has 0 saturated carbocycles. The largest absolute Gasteiger partial charge is 0.349 e. The summed E-state index contributed by atoms with van der Waals surface area (Å²) in [6, 6.07) is 19.1. The van der Waals surface area contributed by atoms with Crippen LogP contribution in [0.3, 0.4) is 0 Å². The van der Waals surface area contributed by atoms with Crippen LogP contribution in [-0.4, -0.2) is 30.4 Å². The van der Waals surface area contributed by atoms with Crippen molar-refractivity contribution < 1.29 is 4.79 Å². The zero-order chi connectivity index (χ0) is 17.6. The monoisotopic (exact) mass is 336 g/mol. The zero-order valence-electron chi connectivity index (χ0n) is 15.2. The number of hydrogen-bond acceptors (Lipinski definition) is 2. The van der Waals surface area contributed by atoms with Crippen molar-refractivity contribution in [2.24, 2.45) is 0 Å². The predicted octanol–water partition coefficient (Wildman–Crippen LogP) is 3.92. The lowest BCUT2D eigenvalue weighted by molar-refractivity contribution is -0.122. The van der Waals surface area contributed by atoms with Crippen molar-refractivity contribution in [3.8, 4) is 0 Å². The second kappa shape index (κ2) is 8.30. The van der Waals surface area contributed by atoms with Crippen LogP contribution >= 0.6 is 0 Å². The first-order valence-corrected chi connectivity index (χ1v) is 9.37. The molecule has 25 heavy (non-hydrogen) atoms. The van der Waals surface area contributed by atoms with Gasteiger partial charge in [0.05, 0.1) is 6.04 Å². The number of amides is 1. The third kappa shape index (κ3) is 4.10. The van der Waals surface area contributed by atoms with Crippen molar-refractivity contribution in [2.45, 2.75) is 38.6 Å². The lowest BCUT2D eigenvalue weighted by atomic mass is 9.92. The second-order valence-corrected chi connectivity index (χ2v) is 6.74. The standard InChI is InChI=1S/C22H28N2O/c1-3-24(4-2)15-14-21(25)23-22-19-13-9-8-12-18(19)16-20(22)17-10-6-5-7-11-17/h5-13,20,22H,3-4,14-16H2,1-2H3,(H,23,25). The molecule has 0 fully saturated rings. The van der Waals surface area contributed by atoms with Crippen LogP contribution in [0.25, 0.3) is 0 Å². The van der Waals surface area contributed by atoms with Gasteiger partial charge in [-0.1, -0.05) is 68.4 Å². The Morgan fingerprint density at radius 1 is 1.04 bits per heavy atom. The average molecular weight is 336 g/mol. The molecule has 0 aromatic heterocycles. The minimum absolute atomic E-state index is 0.0720. The highest BCUT2D eigenvalue weighted by atomic mass is 16.1. The maximum absolute atomic E-state index is 12.6. The van der Waals surface area contributed by atoms with Gasteiger partial charge in [-0.25, -0.2) is 0 Å². The molecule has 0 spiro atoms. The summed E-state index contributed by atoms with van der Waals surface area (Å²) >= 11 is 0. The molecule has 1 aliphatic rings.